The van der Waals surface area contributed by atoms with Crippen molar-refractivity contribution in [2.24, 2.45) is 12.5 Å². The largest absolute Gasteiger partial charge is 0.310 e. The molecule has 1 N–H and O–H groups in total. The SMILES string of the molecule is Cn1nccc1NC(=O)C1(C#N)CC1. The van der Waals surface area contributed by atoms with Crippen LogP contribution in [-0.2, 0) is 11.8 Å². The van der Waals surface area contributed by atoms with Gasteiger partial charge in [-0.15, -0.1) is 0 Å². The molecule has 1 saturated carbocycles. The number of aryl methyl sites for hydroxylation is 1. The van der Waals surface area contributed by atoms with Gasteiger partial charge in [0.05, 0.1) is 12.3 Å². The van der Waals surface area contributed by atoms with Crippen LogP contribution in [0.2, 0.25) is 0 Å². The molecule has 1 aliphatic rings. The average molecular weight is 190 g/mol. The molecule has 0 aromatic carbocycles. The number of amides is 1. The number of rotatable bonds is 2. The number of anilines is 1. The van der Waals surface area contributed by atoms with Crippen LogP contribution in [0, 0.1) is 16.7 Å². The minimum Gasteiger partial charge on any atom is -0.310 e. The Morgan fingerprint density at radius 3 is 2.93 bits per heavy atom. The average Bonchev–Trinajstić information content (AvgIpc) is 2.89. The minimum absolute atomic E-state index is 0.219. The van der Waals surface area contributed by atoms with Gasteiger partial charge in [-0.2, -0.15) is 10.4 Å². The summed E-state index contributed by atoms with van der Waals surface area (Å²) in [5.74, 6) is 0.403. The van der Waals surface area contributed by atoms with E-state index in [0.29, 0.717) is 18.7 Å². The van der Waals surface area contributed by atoms with Gasteiger partial charge in [-0.25, -0.2) is 0 Å². The molecule has 0 saturated heterocycles. The van der Waals surface area contributed by atoms with Crippen LogP contribution < -0.4 is 5.32 Å². The van der Waals surface area contributed by atoms with E-state index < -0.39 is 5.41 Å². The van der Waals surface area contributed by atoms with Crippen LogP contribution in [0.3, 0.4) is 0 Å². The second-order valence-corrected chi connectivity index (χ2v) is 3.49. The summed E-state index contributed by atoms with van der Waals surface area (Å²) in [6.07, 6.45) is 2.92. The third-order valence-electron chi connectivity index (χ3n) is 2.46. The van der Waals surface area contributed by atoms with Crippen molar-refractivity contribution in [2.45, 2.75) is 12.8 Å². The summed E-state index contributed by atoms with van der Waals surface area (Å²) in [5, 5.41) is 15.4. The number of hydrogen-bond donors (Lipinski definition) is 1. The zero-order valence-electron chi connectivity index (χ0n) is 7.82. The molecule has 14 heavy (non-hydrogen) atoms. The summed E-state index contributed by atoms with van der Waals surface area (Å²) in [6, 6.07) is 3.74. The molecule has 0 aliphatic heterocycles. The molecule has 1 amide bonds. The summed E-state index contributed by atoms with van der Waals surface area (Å²) in [7, 11) is 1.74. The minimum atomic E-state index is -0.774. The Balaban J connectivity index is 2.10. The zero-order valence-corrected chi connectivity index (χ0v) is 7.82. The van der Waals surface area contributed by atoms with Crippen LogP contribution in [0.25, 0.3) is 0 Å². The van der Waals surface area contributed by atoms with Gasteiger partial charge in [-0.1, -0.05) is 0 Å². The van der Waals surface area contributed by atoms with Gasteiger partial charge in [-0.3, -0.25) is 9.48 Å². The topological polar surface area (TPSA) is 70.7 Å². The molecular weight excluding hydrogens is 180 g/mol. The van der Waals surface area contributed by atoms with Crippen LogP contribution >= 0.6 is 0 Å². The van der Waals surface area contributed by atoms with Crippen LogP contribution in [-0.4, -0.2) is 15.7 Å². The standard InChI is InChI=1S/C9H10N4O/c1-13-7(2-5-11-13)12-8(14)9(6-10)3-4-9/h2,5H,3-4H2,1H3,(H,12,14). The first-order valence-corrected chi connectivity index (χ1v) is 4.39. The van der Waals surface area contributed by atoms with E-state index in [9.17, 15) is 4.79 Å². The third-order valence-corrected chi connectivity index (χ3v) is 2.46. The first-order valence-electron chi connectivity index (χ1n) is 4.39. The van der Waals surface area contributed by atoms with Gasteiger partial charge in [0, 0.05) is 13.1 Å². The molecule has 0 atom stereocenters. The van der Waals surface area contributed by atoms with Gasteiger partial charge in [0.15, 0.2) is 0 Å². The molecule has 1 aromatic heterocycles. The van der Waals surface area contributed by atoms with E-state index in [4.69, 9.17) is 5.26 Å². The van der Waals surface area contributed by atoms with Gasteiger partial charge in [0.25, 0.3) is 0 Å². The Morgan fingerprint density at radius 2 is 2.50 bits per heavy atom. The molecule has 0 unspecified atom stereocenters. The maximum atomic E-state index is 11.6. The molecule has 0 radical (unpaired) electrons. The monoisotopic (exact) mass is 190 g/mol. The third kappa shape index (κ3) is 1.25. The maximum absolute atomic E-state index is 11.6. The molecule has 0 spiro atoms. The highest BCUT2D eigenvalue weighted by atomic mass is 16.2. The van der Waals surface area contributed by atoms with Gasteiger partial charge >= 0.3 is 0 Å². The number of nitrogens with one attached hydrogen (secondary N) is 1. The van der Waals surface area contributed by atoms with E-state index in [1.54, 1.807) is 24.0 Å². The lowest BCUT2D eigenvalue weighted by Crippen LogP contribution is -2.23. The fourth-order valence-corrected chi connectivity index (χ4v) is 1.25. The lowest BCUT2D eigenvalue weighted by molar-refractivity contribution is -0.119. The molecule has 5 heteroatoms. The van der Waals surface area contributed by atoms with Crippen LogP contribution in [0.4, 0.5) is 5.82 Å². The van der Waals surface area contributed by atoms with Gasteiger partial charge in [0.2, 0.25) is 5.91 Å². The molecule has 1 fully saturated rings. The van der Waals surface area contributed by atoms with Crippen molar-refractivity contribution in [3.05, 3.63) is 12.3 Å². The smallest absolute Gasteiger partial charge is 0.245 e. The Morgan fingerprint density at radius 1 is 1.79 bits per heavy atom. The lowest BCUT2D eigenvalue weighted by atomic mass is 10.1. The van der Waals surface area contributed by atoms with Gasteiger partial charge in [0.1, 0.15) is 11.2 Å². The molecule has 1 aliphatic carbocycles. The number of nitriles is 1. The Hall–Kier alpha value is -1.83. The molecule has 2 rings (SSSR count). The van der Waals surface area contributed by atoms with Crippen molar-refractivity contribution in [3.63, 3.8) is 0 Å². The number of aromatic nitrogens is 2. The van der Waals surface area contributed by atoms with Crippen molar-refractivity contribution in [2.75, 3.05) is 5.32 Å². The lowest BCUT2D eigenvalue weighted by Gasteiger charge is -2.07. The Kier molecular flexibility index (Phi) is 1.78. The fraction of sp³-hybridized carbons (Fsp3) is 0.444. The van der Waals surface area contributed by atoms with Crippen LogP contribution in [0.15, 0.2) is 12.3 Å². The highest BCUT2D eigenvalue weighted by Crippen LogP contribution is 2.45. The van der Waals surface area contributed by atoms with Crippen molar-refractivity contribution in [1.82, 2.24) is 9.78 Å². The predicted molar refractivity (Wildman–Crippen MR) is 49.1 cm³/mol. The normalized spacial score (nSPS) is 17.1. The van der Waals surface area contributed by atoms with E-state index >= 15 is 0 Å². The van der Waals surface area contributed by atoms with E-state index in [1.165, 1.54) is 0 Å². The second kappa shape index (κ2) is 2.84. The van der Waals surface area contributed by atoms with Crippen LogP contribution in [0.5, 0.6) is 0 Å². The highest BCUT2D eigenvalue weighted by Gasteiger charge is 2.50. The fourth-order valence-electron chi connectivity index (χ4n) is 1.25. The van der Waals surface area contributed by atoms with Crippen LogP contribution in [0.1, 0.15) is 12.8 Å². The van der Waals surface area contributed by atoms with Gasteiger partial charge in [-0.05, 0) is 12.8 Å². The zero-order chi connectivity index (χ0) is 10.2. The van der Waals surface area contributed by atoms with Crippen molar-refractivity contribution in [3.8, 4) is 6.07 Å². The van der Waals surface area contributed by atoms with E-state index in [-0.39, 0.29) is 5.91 Å². The molecule has 5 nitrogen and oxygen atoms in total. The summed E-state index contributed by atoms with van der Waals surface area (Å²) in [6.45, 7) is 0. The maximum Gasteiger partial charge on any atom is 0.245 e. The molecule has 1 aromatic rings. The number of carbonyl (C=O) groups is 1. The first kappa shape index (κ1) is 8.75. The van der Waals surface area contributed by atoms with E-state index in [0.717, 1.165) is 0 Å². The number of hydrogen-bond acceptors (Lipinski definition) is 3. The van der Waals surface area contributed by atoms with E-state index in [1.807, 2.05) is 6.07 Å². The quantitative estimate of drug-likeness (QED) is 0.744. The Bertz CT molecular complexity index is 411. The highest BCUT2D eigenvalue weighted by molar-refractivity contribution is 5.98. The number of nitrogens with zero attached hydrogens (tertiary/aromatic N) is 3. The molecular formula is C9H10N4O. The van der Waals surface area contributed by atoms with Crippen molar-refractivity contribution < 1.29 is 4.79 Å². The summed E-state index contributed by atoms with van der Waals surface area (Å²) in [4.78, 5) is 11.6. The van der Waals surface area contributed by atoms with Crippen molar-refractivity contribution in [1.29, 1.82) is 5.26 Å². The summed E-state index contributed by atoms with van der Waals surface area (Å²) < 4.78 is 1.56. The summed E-state index contributed by atoms with van der Waals surface area (Å²) >= 11 is 0. The van der Waals surface area contributed by atoms with Crippen molar-refractivity contribution >= 4 is 11.7 Å². The molecule has 72 valence electrons. The molecule has 1 heterocycles. The van der Waals surface area contributed by atoms with Gasteiger partial charge < -0.3 is 5.32 Å². The Labute approximate surface area is 81.3 Å². The van der Waals surface area contributed by atoms with E-state index in [2.05, 4.69) is 10.4 Å². The summed E-state index contributed by atoms with van der Waals surface area (Å²) in [5.41, 5.74) is -0.774. The predicted octanol–water partition coefficient (Wildman–Crippen LogP) is 0.662. The second-order valence-electron chi connectivity index (χ2n) is 3.49. The number of carbonyl (C=O) groups excluding carboxylic acids is 1. The first-order chi connectivity index (χ1) is 6.68. The molecule has 0 bridgehead atoms.